The maximum atomic E-state index is 5.81. The number of aromatic nitrogens is 2. The van der Waals surface area contributed by atoms with Crippen LogP contribution in [0.1, 0.15) is 17.0 Å². The van der Waals surface area contributed by atoms with E-state index in [1.807, 2.05) is 12.1 Å². The summed E-state index contributed by atoms with van der Waals surface area (Å²) in [6, 6.07) is 16.7. The van der Waals surface area contributed by atoms with Gasteiger partial charge in [0.25, 0.3) is 0 Å². The van der Waals surface area contributed by atoms with Crippen molar-refractivity contribution in [1.82, 2.24) is 14.3 Å². The van der Waals surface area contributed by atoms with Gasteiger partial charge in [0.15, 0.2) is 0 Å². The molecule has 0 fully saturated rings. The minimum atomic E-state index is 0.671. The number of fused-ring (bicyclic) bond motifs is 1. The van der Waals surface area contributed by atoms with Gasteiger partial charge in [-0.05, 0) is 31.0 Å². The van der Waals surface area contributed by atoms with Crippen molar-refractivity contribution in [2.24, 2.45) is 5.73 Å². The largest absolute Gasteiger partial charge is 0.329 e. The van der Waals surface area contributed by atoms with Crippen molar-refractivity contribution in [3.63, 3.8) is 0 Å². The topological polar surface area (TPSA) is 46.6 Å². The van der Waals surface area contributed by atoms with E-state index in [9.17, 15) is 0 Å². The van der Waals surface area contributed by atoms with Crippen LogP contribution < -0.4 is 5.73 Å². The number of nitrogens with zero attached hydrogens (tertiary/aromatic N) is 3. The van der Waals surface area contributed by atoms with Crippen LogP contribution in [0.5, 0.6) is 0 Å². The SMILES string of the molecule is Cc1nc2ccccn2c1CN(CCN)CCc1ccccc1. The zero-order valence-corrected chi connectivity index (χ0v) is 13.7. The van der Waals surface area contributed by atoms with Gasteiger partial charge < -0.3 is 10.1 Å². The molecule has 0 bridgehead atoms. The van der Waals surface area contributed by atoms with Crippen LogP contribution in [0.4, 0.5) is 0 Å². The first-order valence-corrected chi connectivity index (χ1v) is 8.17. The average Bonchev–Trinajstić information content (AvgIpc) is 2.89. The van der Waals surface area contributed by atoms with Crippen molar-refractivity contribution in [1.29, 1.82) is 0 Å². The van der Waals surface area contributed by atoms with E-state index in [1.54, 1.807) is 0 Å². The Labute approximate surface area is 137 Å². The molecule has 0 unspecified atom stereocenters. The molecule has 0 saturated carbocycles. The van der Waals surface area contributed by atoms with E-state index in [4.69, 9.17) is 5.73 Å². The summed E-state index contributed by atoms with van der Waals surface area (Å²) in [4.78, 5) is 7.06. The predicted molar refractivity (Wildman–Crippen MR) is 94.4 cm³/mol. The zero-order valence-electron chi connectivity index (χ0n) is 13.7. The molecule has 4 nitrogen and oxygen atoms in total. The van der Waals surface area contributed by atoms with Gasteiger partial charge in [0, 0.05) is 32.4 Å². The maximum Gasteiger partial charge on any atom is 0.137 e. The molecule has 0 amide bonds. The molecular weight excluding hydrogens is 284 g/mol. The molecule has 3 aromatic rings. The van der Waals surface area contributed by atoms with Gasteiger partial charge in [0.05, 0.1) is 11.4 Å². The molecule has 1 aromatic carbocycles. The Kier molecular flexibility index (Phi) is 5.05. The van der Waals surface area contributed by atoms with Crippen LogP contribution in [-0.2, 0) is 13.0 Å². The number of benzene rings is 1. The molecular formula is C19H24N4. The van der Waals surface area contributed by atoms with Crippen LogP contribution in [-0.4, -0.2) is 33.9 Å². The molecule has 0 aliphatic rings. The fourth-order valence-electron chi connectivity index (χ4n) is 2.95. The van der Waals surface area contributed by atoms with Crippen molar-refractivity contribution in [2.75, 3.05) is 19.6 Å². The smallest absolute Gasteiger partial charge is 0.137 e. The van der Waals surface area contributed by atoms with E-state index in [0.717, 1.165) is 37.4 Å². The molecule has 23 heavy (non-hydrogen) atoms. The Morgan fingerprint density at radius 1 is 1.04 bits per heavy atom. The second-order valence-electron chi connectivity index (χ2n) is 5.87. The van der Waals surface area contributed by atoms with Gasteiger partial charge in [-0.3, -0.25) is 4.90 Å². The third kappa shape index (κ3) is 3.78. The van der Waals surface area contributed by atoms with E-state index in [-0.39, 0.29) is 0 Å². The van der Waals surface area contributed by atoms with Crippen molar-refractivity contribution in [3.8, 4) is 0 Å². The Morgan fingerprint density at radius 3 is 2.61 bits per heavy atom. The van der Waals surface area contributed by atoms with Gasteiger partial charge in [0.2, 0.25) is 0 Å². The third-order valence-electron chi connectivity index (χ3n) is 4.21. The van der Waals surface area contributed by atoms with E-state index in [1.165, 1.54) is 11.3 Å². The molecule has 0 saturated heterocycles. The number of pyridine rings is 1. The summed E-state index contributed by atoms with van der Waals surface area (Å²) < 4.78 is 2.18. The van der Waals surface area contributed by atoms with Crippen molar-refractivity contribution in [3.05, 3.63) is 71.7 Å². The highest BCUT2D eigenvalue weighted by Crippen LogP contribution is 2.14. The Morgan fingerprint density at radius 2 is 1.83 bits per heavy atom. The lowest BCUT2D eigenvalue weighted by molar-refractivity contribution is 0.272. The van der Waals surface area contributed by atoms with Crippen molar-refractivity contribution in [2.45, 2.75) is 19.9 Å². The standard InChI is InChI=1S/C19H24N4/c1-16-18(23-12-6-5-9-19(23)21-16)15-22(14-11-20)13-10-17-7-3-2-4-8-17/h2-9,12H,10-11,13-15,20H2,1H3. The van der Waals surface area contributed by atoms with Crippen LogP contribution in [0.3, 0.4) is 0 Å². The summed E-state index contributed by atoms with van der Waals surface area (Å²) in [7, 11) is 0. The number of nitrogens with two attached hydrogens (primary N) is 1. The van der Waals surface area contributed by atoms with Crippen LogP contribution in [0.2, 0.25) is 0 Å². The van der Waals surface area contributed by atoms with Crippen LogP contribution >= 0.6 is 0 Å². The number of imidazole rings is 1. The molecule has 3 rings (SSSR count). The second kappa shape index (κ2) is 7.40. The van der Waals surface area contributed by atoms with Gasteiger partial charge in [-0.25, -0.2) is 4.98 Å². The van der Waals surface area contributed by atoms with E-state index in [0.29, 0.717) is 6.54 Å². The third-order valence-corrected chi connectivity index (χ3v) is 4.21. The normalized spacial score (nSPS) is 11.4. The fraction of sp³-hybridized carbons (Fsp3) is 0.316. The van der Waals surface area contributed by atoms with Crippen LogP contribution in [0.15, 0.2) is 54.7 Å². The second-order valence-corrected chi connectivity index (χ2v) is 5.87. The van der Waals surface area contributed by atoms with Gasteiger partial charge >= 0.3 is 0 Å². The van der Waals surface area contributed by atoms with E-state index in [2.05, 4.69) is 63.8 Å². The highest BCUT2D eigenvalue weighted by molar-refractivity contribution is 5.42. The molecule has 0 aliphatic carbocycles. The van der Waals surface area contributed by atoms with Gasteiger partial charge in [-0.15, -0.1) is 0 Å². The number of hydrogen-bond donors (Lipinski definition) is 1. The minimum Gasteiger partial charge on any atom is -0.329 e. The Balaban J connectivity index is 1.74. The number of rotatable bonds is 7. The molecule has 2 N–H and O–H groups in total. The van der Waals surface area contributed by atoms with Crippen molar-refractivity contribution >= 4 is 5.65 Å². The first-order valence-electron chi connectivity index (χ1n) is 8.17. The predicted octanol–water partition coefficient (Wildman–Crippen LogP) is 2.65. The zero-order chi connectivity index (χ0) is 16.1. The summed E-state index contributed by atoms with van der Waals surface area (Å²) in [5, 5.41) is 0. The molecule has 0 spiro atoms. The van der Waals surface area contributed by atoms with Crippen LogP contribution in [0.25, 0.3) is 5.65 Å². The summed E-state index contributed by atoms with van der Waals surface area (Å²) in [5.41, 5.74) is 10.5. The van der Waals surface area contributed by atoms with Crippen molar-refractivity contribution < 1.29 is 0 Å². The molecule has 0 atom stereocenters. The molecule has 120 valence electrons. The van der Waals surface area contributed by atoms with E-state index >= 15 is 0 Å². The number of hydrogen-bond acceptors (Lipinski definition) is 3. The first-order chi connectivity index (χ1) is 11.3. The van der Waals surface area contributed by atoms with Crippen LogP contribution in [0, 0.1) is 6.92 Å². The fourth-order valence-corrected chi connectivity index (χ4v) is 2.95. The minimum absolute atomic E-state index is 0.671. The quantitative estimate of drug-likeness (QED) is 0.730. The molecule has 2 heterocycles. The highest BCUT2D eigenvalue weighted by atomic mass is 15.2. The summed E-state index contributed by atoms with van der Waals surface area (Å²) in [6.45, 7) is 5.53. The van der Waals surface area contributed by atoms with Gasteiger partial charge in [-0.1, -0.05) is 36.4 Å². The molecule has 4 heteroatoms. The van der Waals surface area contributed by atoms with Gasteiger partial charge in [-0.2, -0.15) is 0 Å². The number of aryl methyl sites for hydroxylation is 1. The molecule has 2 aromatic heterocycles. The Bertz CT molecular complexity index is 748. The highest BCUT2D eigenvalue weighted by Gasteiger charge is 2.12. The van der Waals surface area contributed by atoms with Gasteiger partial charge in [0.1, 0.15) is 5.65 Å². The average molecular weight is 308 g/mol. The summed E-state index contributed by atoms with van der Waals surface area (Å²) >= 11 is 0. The molecule has 0 aliphatic heterocycles. The summed E-state index contributed by atoms with van der Waals surface area (Å²) in [6.07, 6.45) is 3.12. The Hall–Kier alpha value is -2.17. The monoisotopic (exact) mass is 308 g/mol. The lowest BCUT2D eigenvalue weighted by Crippen LogP contribution is -2.31. The lowest BCUT2D eigenvalue weighted by atomic mass is 10.1. The first kappa shape index (κ1) is 15.7. The lowest BCUT2D eigenvalue weighted by Gasteiger charge is -2.22. The van der Waals surface area contributed by atoms with E-state index < -0.39 is 0 Å². The molecule has 0 radical (unpaired) electrons. The summed E-state index contributed by atoms with van der Waals surface area (Å²) in [5.74, 6) is 0. The maximum absolute atomic E-state index is 5.81.